The number of nitrogens with two attached hydrogens (primary N) is 1. The lowest BCUT2D eigenvalue weighted by Gasteiger charge is -2.31. The molecule has 1 saturated heterocycles. The van der Waals surface area contributed by atoms with E-state index in [4.69, 9.17) is 5.73 Å². The molecule has 0 bridgehead atoms. The van der Waals surface area contributed by atoms with Crippen LogP contribution in [0.2, 0.25) is 0 Å². The molecule has 0 unspecified atom stereocenters. The number of carbonyl (C=O) groups excluding carboxylic acids is 1. The molecule has 7 nitrogen and oxygen atoms in total. The quantitative estimate of drug-likeness (QED) is 0.864. The summed E-state index contributed by atoms with van der Waals surface area (Å²) < 4.78 is 0. The lowest BCUT2D eigenvalue weighted by atomic mass is 9.94. The van der Waals surface area contributed by atoms with E-state index in [-0.39, 0.29) is 11.8 Å². The predicted octanol–water partition coefficient (Wildman–Crippen LogP) is 1.65. The topological polar surface area (TPSA) is 97.0 Å². The summed E-state index contributed by atoms with van der Waals surface area (Å²) in [5, 5.41) is 6.08. The van der Waals surface area contributed by atoms with Gasteiger partial charge in [-0.15, -0.1) is 11.3 Å². The minimum absolute atomic E-state index is 0.236. The average molecular weight is 332 g/mol. The smallest absolute Gasteiger partial charge is 0.231 e. The lowest BCUT2D eigenvalue weighted by Crippen LogP contribution is -2.40. The largest absolute Gasteiger partial charge is 0.369 e. The Balaban J connectivity index is 1.78. The summed E-state index contributed by atoms with van der Waals surface area (Å²) in [6.07, 6.45) is 5.43. The zero-order valence-electron chi connectivity index (χ0n) is 13.0. The van der Waals surface area contributed by atoms with Gasteiger partial charge in [0.05, 0.1) is 17.9 Å². The van der Waals surface area contributed by atoms with E-state index in [1.54, 1.807) is 23.7 Å². The van der Waals surface area contributed by atoms with Crippen molar-refractivity contribution in [3.05, 3.63) is 29.2 Å². The van der Waals surface area contributed by atoms with Crippen molar-refractivity contribution >= 4 is 28.2 Å². The first kappa shape index (κ1) is 15.8. The summed E-state index contributed by atoms with van der Waals surface area (Å²) in [7, 11) is 0. The van der Waals surface area contributed by atoms with Crippen LogP contribution < -0.4 is 11.1 Å². The molecular formula is C15H20N6OS. The van der Waals surface area contributed by atoms with Crippen LogP contribution in [-0.4, -0.2) is 45.4 Å². The third kappa shape index (κ3) is 4.02. The molecule has 0 aliphatic carbocycles. The van der Waals surface area contributed by atoms with Crippen molar-refractivity contribution in [1.29, 1.82) is 0 Å². The highest BCUT2D eigenvalue weighted by Crippen LogP contribution is 2.31. The molecule has 23 heavy (non-hydrogen) atoms. The average Bonchev–Trinajstić information content (AvgIpc) is 2.92. The Bertz CT molecular complexity index is 688. The molecule has 2 aromatic heterocycles. The van der Waals surface area contributed by atoms with E-state index in [0.717, 1.165) is 48.3 Å². The SMILES string of the molecule is Cc1csc(Nc2nccnc2[C@@H]2CCCN(CC(N)=O)C2)n1. The van der Waals surface area contributed by atoms with Crippen molar-refractivity contribution in [3.63, 3.8) is 0 Å². The Kier molecular flexibility index (Phi) is 4.82. The van der Waals surface area contributed by atoms with Crippen molar-refractivity contribution in [2.24, 2.45) is 5.73 Å². The summed E-state index contributed by atoms with van der Waals surface area (Å²) >= 11 is 1.55. The number of carbonyl (C=O) groups is 1. The Morgan fingerprint density at radius 3 is 3.04 bits per heavy atom. The molecule has 0 saturated carbocycles. The zero-order chi connectivity index (χ0) is 16.2. The first-order chi connectivity index (χ1) is 11.1. The maximum absolute atomic E-state index is 11.2. The van der Waals surface area contributed by atoms with Crippen LogP contribution in [0.3, 0.4) is 0 Å². The van der Waals surface area contributed by atoms with E-state index in [2.05, 4.69) is 25.2 Å². The van der Waals surface area contributed by atoms with Gasteiger partial charge in [-0.25, -0.2) is 9.97 Å². The molecule has 1 aliphatic heterocycles. The van der Waals surface area contributed by atoms with Crippen LogP contribution in [0.5, 0.6) is 0 Å². The number of piperidine rings is 1. The van der Waals surface area contributed by atoms with Crippen molar-refractivity contribution in [2.75, 3.05) is 25.0 Å². The standard InChI is InChI=1S/C15H20N6OS/c1-10-9-23-15(19-10)20-14-13(17-4-5-18-14)11-3-2-6-21(7-11)8-12(16)22/h4-5,9,11H,2-3,6-8H2,1H3,(H2,16,22)(H,18,19,20)/t11-/m1/s1. The highest BCUT2D eigenvalue weighted by Gasteiger charge is 2.26. The number of amides is 1. The van der Waals surface area contributed by atoms with Gasteiger partial charge in [0, 0.05) is 30.2 Å². The van der Waals surface area contributed by atoms with E-state index >= 15 is 0 Å². The molecule has 8 heteroatoms. The minimum Gasteiger partial charge on any atom is -0.369 e. The summed E-state index contributed by atoms with van der Waals surface area (Å²) in [5.41, 5.74) is 7.22. The molecule has 0 aromatic carbocycles. The van der Waals surface area contributed by atoms with Crippen LogP contribution in [0.1, 0.15) is 30.1 Å². The Morgan fingerprint density at radius 2 is 2.30 bits per heavy atom. The maximum atomic E-state index is 11.2. The normalized spacial score (nSPS) is 18.7. The van der Waals surface area contributed by atoms with Gasteiger partial charge >= 0.3 is 0 Å². The Hall–Kier alpha value is -2.06. The van der Waals surface area contributed by atoms with Crippen molar-refractivity contribution in [3.8, 4) is 0 Å². The van der Waals surface area contributed by atoms with Gasteiger partial charge in [0.15, 0.2) is 10.9 Å². The number of nitrogens with one attached hydrogen (secondary N) is 1. The number of thiazole rings is 1. The number of hydrogen-bond acceptors (Lipinski definition) is 7. The van der Waals surface area contributed by atoms with Crippen LogP contribution in [0.15, 0.2) is 17.8 Å². The van der Waals surface area contributed by atoms with Crippen LogP contribution in [0.25, 0.3) is 0 Å². The van der Waals surface area contributed by atoms with Crippen LogP contribution >= 0.6 is 11.3 Å². The molecule has 1 aliphatic rings. The number of anilines is 2. The van der Waals surface area contributed by atoms with Gasteiger partial charge in [0.1, 0.15) is 0 Å². The molecule has 2 aromatic rings. The third-order valence-electron chi connectivity index (χ3n) is 3.84. The minimum atomic E-state index is -0.290. The highest BCUT2D eigenvalue weighted by molar-refractivity contribution is 7.13. The molecule has 1 amide bonds. The second-order valence-electron chi connectivity index (χ2n) is 5.75. The second-order valence-corrected chi connectivity index (χ2v) is 6.61. The molecule has 3 N–H and O–H groups in total. The van der Waals surface area contributed by atoms with E-state index in [1.807, 2.05) is 12.3 Å². The molecule has 0 radical (unpaired) electrons. The molecule has 3 heterocycles. The molecular weight excluding hydrogens is 312 g/mol. The van der Waals surface area contributed by atoms with Gasteiger partial charge in [0.2, 0.25) is 5.91 Å². The van der Waals surface area contributed by atoms with Crippen LogP contribution in [-0.2, 0) is 4.79 Å². The predicted molar refractivity (Wildman–Crippen MR) is 89.8 cm³/mol. The van der Waals surface area contributed by atoms with Gasteiger partial charge in [-0.1, -0.05) is 0 Å². The summed E-state index contributed by atoms with van der Waals surface area (Å²) in [4.78, 5) is 26.6. The lowest BCUT2D eigenvalue weighted by molar-refractivity contribution is -0.119. The van der Waals surface area contributed by atoms with E-state index < -0.39 is 0 Å². The molecule has 1 atom stereocenters. The first-order valence-electron chi connectivity index (χ1n) is 7.62. The van der Waals surface area contributed by atoms with E-state index in [0.29, 0.717) is 6.54 Å². The fourth-order valence-corrected chi connectivity index (χ4v) is 3.59. The fraction of sp³-hybridized carbons (Fsp3) is 0.467. The van der Waals surface area contributed by atoms with Crippen molar-refractivity contribution in [1.82, 2.24) is 19.9 Å². The fourth-order valence-electron chi connectivity index (χ4n) is 2.90. The van der Waals surface area contributed by atoms with Gasteiger partial charge in [-0.2, -0.15) is 0 Å². The number of aromatic nitrogens is 3. The maximum Gasteiger partial charge on any atom is 0.231 e. The zero-order valence-corrected chi connectivity index (χ0v) is 13.8. The molecule has 122 valence electrons. The van der Waals surface area contributed by atoms with Gasteiger partial charge in [-0.05, 0) is 26.3 Å². The van der Waals surface area contributed by atoms with Crippen LogP contribution in [0.4, 0.5) is 10.9 Å². The Labute approximate surface area is 139 Å². The highest BCUT2D eigenvalue weighted by atomic mass is 32.1. The summed E-state index contributed by atoms with van der Waals surface area (Å²) in [5.74, 6) is 0.689. The summed E-state index contributed by atoms with van der Waals surface area (Å²) in [6.45, 7) is 3.93. The third-order valence-corrected chi connectivity index (χ3v) is 4.72. The van der Waals surface area contributed by atoms with Gasteiger partial charge in [-0.3, -0.25) is 14.7 Å². The monoisotopic (exact) mass is 332 g/mol. The van der Waals surface area contributed by atoms with Crippen LogP contribution in [0, 0.1) is 6.92 Å². The second kappa shape index (κ2) is 7.01. The van der Waals surface area contributed by atoms with Gasteiger partial charge in [0.25, 0.3) is 0 Å². The number of rotatable bonds is 5. The van der Waals surface area contributed by atoms with E-state index in [1.165, 1.54) is 0 Å². The number of primary amides is 1. The number of likely N-dealkylation sites (tertiary alicyclic amines) is 1. The molecule has 1 fully saturated rings. The first-order valence-corrected chi connectivity index (χ1v) is 8.50. The summed E-state index contributed by atoms with van der Waals surface area (Å²) in [6, 6.07) is 0. The molecule has 0 spiro atoms. The number of nitrogens with zero attached hydrogens (tertiary/aromatic N) is 4. The number of hydrogen-bond donors (Lipinski definition) is 2. The van der Waals surface area contributed by atoms with Crippen molar-refractivity contribution < 1.29 is 4.79 Å². The Morgan fingerprint density at radius 1 is 1.48 bits per heavy atom. The number of aryl methyl sites for hydroxylation is 1. The van der Waals surface area contributed by atoms with Gasteiger partial charge < -0.3 is 11.1 Å². The molecule has 3 rings (SSSR count). The van der Waals surface area contributed by atoms with E-state index in [9.17, 15) is 4.79 Å². The van der Waals surface area contributed by atoms with Crippen molar-refractivity contribution in [2.45, 2.75) is 25.7 Å².